The first kappa shape index (κ1) is 22.0. The van der Waals surface area contributed by atoms with E-state index in [1.54, 1.807) is 35.0 Å². The van der Waals surface area contributed by atoms with Gasteiger partial charge in [0, 0.05) is 15.6 Å². The lowest BCUT2D eigenvalue weighted by Gasteiger charge is -2.22. The van der Waals surface area contributed by atoms with Gasteiger partial charge in [-0.25, -0.2) is 4.98 Å². The summed E-state index contributed by atoms with van der Waals surface area (Å²) in [6.45, 7) is 10.1. The number of benzene rings is 1. The minimum atomic E-state index is -0.708. The number of halogens is 1. The maximum absolute atomic E-state index is 13.6. The number of nitrogens with one attached hydrogen (secondary N) is 1. The van der Waals surface area contributed by atoms with Crippen molar-refractivity contribution in [2.75, 3.05) is 18.4 Å². The van der Waals surface area contributed by atoms with Crippen molar-refractivity contribution in [3.63, 3.8) is 0 Å². The van der Waals surface area contributed by atoms with Gasteiger partial charge in [-0.1, -0.05) is 17.7 Å². The van der Waals surface area contributed by atoms with Crippen LogP contribution in [0.2, 0.25) is 5.02 Å². The number of hydrogen-bond acceptors (Lipinski definition) is 5. The van der Waals surface area contributed by atoms with Gasteiger partial charge >= 0.3 is 0 Å². The van der Waals surface area contributed by atoms with Crippen LogP contribution in [0.1, 0.15) is 47.6 Å². The summed E-state index contributed by atoms with van der Waals surface area (Å²) in [5.41, 5.74) is 2.24. The van der Waals surface area contributed by atoms with Gasteiger partial charge in [-0.05, 0) is 76.9 Å². The Balaban J connectivity index is 1.77. The number of likely N-dealkylation sites (tertiary alicyclic amines) is 1. The summed E-state index contributed by atoms with van der Waals surface area (Å²) in [4.78, 5) is 35.8. The maximum atomic E-state index is 13.6. The van der Waals surface area contributed by atoms with Gasteiger partial charge in [0.25, 0.3) is 5.56 Å². The van der Waals surface area contributed by atoms with E-state index in [-0.39, 0.29) is 11.5 Å². The first-order valence-electron chi connectivity index (χ1n) is 10.6. The maximum Gasteiger partial charge on any atom is 0.263 e. The van der Waals surface area contributed by atoms with Gasteiger partial charge in [0.2, 0.25) is 5.91 Å². The SMILES string of the molecule is Cc1sc2nc(CN3CCCC3)n(C(C)C(=O)Nc3cccc(Cl)c3C)c(=O)c2c1C. The summed E-state index contributed by atoms with van der Waals surface area (Å²) < 4.78 is 1.58. The summed E-state index contributed by atoms with van der Waals surface area (Å²) >= 11 is 7.75. The third kappa shape index (κ3) is 4.14. The quantitative estimate of drug-likeness (QED) is 0.594. The molecule has 1 N–H and O–H groups in total. The fourth-order valence-electron chi connectivity index (χ4n) is 4.10. The minimum Gasteiger partial charge on any atom is -0.324 e. The van der Waals surface area contributed by atoms with Crippen LogP contribution in [0, 0.1) is 20.8 Å². The number of carbonyl (C=O) groups excluding carboxylic acids is 1. The topological polar surface area (TPSA) is 67.2 Å². The van der Waals surface area contributed by atoms with Crippen molar-refractivity contribution in [2.24, 2.45) is 0 Å². The van der Waals surface area contributed by atoms with Gasteiger partial charge in [-0.15, -0.1) is 11.3 Å². The molecule has 0 aliphatic carbocycles. The average molecular weight is 459 g/mol. The molecule has 4 rings (SSSR count). The second-order valence-corrected chi connectivity index (χ2v) is 9.84. The third-order valence-corrected chi connectivity index (χ3v) is 7.67. The average Bonchev–Trinajstić information content (AvgIpc) is 3.33. The molecule has 1 aliphatic rings. The Morgan fingerprint density at radius 1 is 1.23 bits per heavy atom. The first-order chi connectivity index (χ1) is 14.8. The van der Waals surface area contributed by atoms with Gasteiger partial charge in [0.1, 0.15) is 16.7 Å². The molecule has 1 saturated heterocycles. The van der Waals surface area contributed by atoms with Crippen molar-refractivity contribution >= 4 is 44.7 Å². The Kier molecular flexibility index (Phi) is 6.19. The van der Waals surface area contributed by atoms with E-state index in [4.69, 9.17) is 16.6 Å². The highest BCUT2D eigenvalue weighted by Gasteiger charge is 2.26. The van der Waals surface area contributed by atoms with E-state index in [1.807, 2.05) is 26.8 Å². The number of amides is 1. The van der Waals surface area contributed by atoms with Crippen LogP contribution in [0.15, 0.2) is 23.0 Å². The van der Waals surface area contributed by atoms with Crippen LogP contribution in [0.5, 0.6) is 0 Å². The highest BCUT2D eigenvalue weighted by atomic mass is 35.5. The Hall–Kier alpha value is -2.22. The molecule has 0 saturated carbocycles. The number of rotatable bonds is 5. The van der Waals surface area contributed by atoms with E-state index in [0.29, 0.717) is 28.5 Å². The predicted molar refractivity (Wildman–Crippen MR) is 127 cm³/mol. The molecule has 1 aromatic carbocycles. The van der Waals surface area contributed by atoms with E-state index >= 15 is 0 Å². The van der Waals surface area contributed by atoms with Crippen LogP contribution in [0.25, 0.3) is 10.2 Å². The zero-order valence-corrected chi connectivity index (χ0v) is 19.9. The third-order valence-electron chi connectivity index (χ3n) is 6.16. The van der Waals surface area contributed by atoms with Gasteiger partial charge in [0.15, 0.2) is 0 Å². The van der Waals surface area contributed by atoms with Crippen LogP contribution in [-0.2, 0) is 11.3 Å². The largest absolute Gasteiger partial charge is 0.324 e. The van der Waals surface area contributed by atoms with Crippen molar-refractivity contribution in [1.82, 2.24) is 14.5 Å². The van der Waals surface area contributed by atoms with Gasteiger partial charge in [0.05, 0.1) is 11.9 Å². The molecular formula is C23H27ClN4O2S. The predicted octanol–water partition coefficient (Wildman–Crippen LogP) is 4.83. The zero-order chi connectivity index (χ0) is 22.3. The number of aryl methyl sites for hydroxylation is 2. The number of fused-ring (bicyclic) bond motifs is 1. The Morgan fingerprint density at radius 2 is 1.94 bits per heavy atom. The summed E-state index contributed by atoms with van der Waals surface area (Å²) in [6.07, 6.45) is 2.29. The lowest BCUT2D eigenvalue weighted by Crippen LogP contribution is -2.36. The summed E-state index contributed by atoms with van der Waals surface area (Å²) in [7, 11) is 0. The number of nitrogens with zero attached hydrogens (tertiary/aromatic N) is 3. The van der Waals surface area contributed by atoms with E-state index < -0.39 is 6.04 Å². The highest BCUT2D eigenvalue weighted by Crippen LogP contribution is 2.28. The molecule has 1 amide bonds. The second-order valence-electron chi connectivity index (χ2n) is 8.23. The Morgan fingerprint density at radius 3 is 2.65 bits per heavy atom. The standard InChI is InChI=1S/C23H27ClN4O2S/c1-13-16(4)31-22-20(13)23(30)28(19(26-22)12-27-10-5-6-11-27)15(3)21(29)25-18-9-7-8-17(24)14(18)2/h7-9,15H,5-6,10-12H2,1-4H3,(H,25,29). The number of aromatic nitrogens is 2. The van der Waals surface area contributed by atoms with Crippen LogP contribution in [-0.4, -0.2) is 33.4 Å². The lowest BCUT2D eigenvalue weighted by atomic mass is 10.1. The molecule has 1 aliphatic heterocycles. The minimum absolute atomic E-state index is 0.147. The molecule has 3 aromatic rings. The first-order valence-corrected chi connectivity index (χ1v) is 11.8. The van der Waals surface area contributed by atoms with Crippen molar-refractivity contribution < 1.29 is 4.79 Å². The molecule has 6 nitrogen and oxygen atoms in total. The molecule has 3 heterocycles. The van der Waals surface area contributed by atoms with Gasteiger partial charge in [-0.2, -0.15) is 0 Å². The summed E-state index contributed by atoms with van der Waals surface area (Å²) in [5.74, 6) is 0.381. The van der Waals surface area contributed by atoms with Crippen molar-refractivity contribution in [2.45, 2.75) is 53.1 Å². The summed E-state index contributed by atoms with van der Waals surface area (Å²) in [6, 6.07) is 4.69. The molecular weight excluding hydrogens is 432 g/mol. The molecule has 1 unspecified atom stereocenters. The normalized spacial score (nSPS) is 15.5. The molecule has 2 aromatic heterocycles. The fourth-order valence-corrected chi connectivity index (χ4v) is 5.31. The molecule has 0 bridgehead atoms. The molecule has 0 spiro atoms. The lowest BCUT2D eigenvalue weighted by molar-refractivity contribution is -0.119. The molecule has 8 heteroatoms. The fraction of sp³-hybridized carbons (Fsp3) is 0.435. The molecule has 164 valence electrons. The number of hydrogen-bond donors (Lipinski definition) is 1. The van der Waals surface area contributed by atoms with E-state index in [9.17, 15) is 9.59 Å². The molecule has 0 radical (unpaired) electrons. The van der Waals surface area contributed by atoms with Gasteiger partial charge in [-0.3, -0.25) is 19.1 Å². The van der Waals surface area contributed by atoms with Crippen LogP contribution in [0.3, 0.4) is 0 Å². The van der Waals surface area contributed by atoms with Crippen molar-refractivity contribution in [3.8, 4) is 0 Å². The van der Waals surface area contributed by atoms with Crippen molar-refractivity contribution in [1.29, 1.82) is 0 Å². The second kappa shape index (κ2) is 8.73. The smallest absolute Gasteiger partial charge is 0.263 e. The monoisotopic (exact) mass is 458 g/mol. The van der Waals surface area contributed by atoms with Crippen molar-refractivity contribution in [3.05, 3.63) is 55.4 Å². The molecule has 1 fully saturated rings. The summed E-state index contributed by atoms with van der Waals surface area (Å²) in [5, 5.41) is 4.15. The zero-order valence-electron chi connectivity index (χ0n) is 18.3. The molecule has 1 atom stereocenters. The number of carbonyl (C=O) groups is 1. The molecule has 31 heavy (non-hydrogen) atoms. The van der Waals surface area contributed by atoms with Gasteiger partial charge < -0.3 is 5.32 Å². The van der Waals surface area contributed by atoms with E-state index in [2.05, 4.69) is 10.2 Å². The Labute approximate surface area is 190 Å². The van der Waals surface area contributed by atoms with Crippen LogP contribution < -0.4 is 10.9 Å². The van der Waals surface area contributed by atoms with E-state index in [1.165, 1.54) is 0 Å². The van der Waals surface area contributed by atoms with Crippen LogP contribution >= 0.6 is 22.9 Å². The number of thiophene rings is 1. The highest BCUT2D eigenvalue weighted by molar-refractivity contribution is 7.18. The Bertz CT molecular complexity index is 1210. The number of anilines is 1. The van der Waals surface area contributed by atoms with Crippen LogP contribution in [0.4, 0.5) is 5.69 Å². The van der Waals surface area contributed by atoms with E-state index in [0.717, 1.165) is 46.8 Å².